The van der Waals surface area contributed by atoms with Gasteiger partial charge in [-0.25, -0.2) is 9.59 Å². The maximum absolute atomic E-state index is 12.4. The highest BCUT2D eigenvalue weighted by Crippen LogP contribution is 2.13. The smallest absolute Gasteiger partial charge is 0.410 e. The van der Waals surface area contributed by atoms with E-state index in [1.807, 2.05) is 38.3 Å². The summed E-state index contributed by atoms with van der Waals surface area (Å²) in [6, 6.07) is 10.5. The molecule has 1 aliphatic heterocycles. The molecule has 0 atom stereocenters. The summed E-state index contributed by atoms with van der Waals surface area (Å²) in [5.41, 5.74) is 0.563. The van der Waals surface area contributed by atoms with Gasteiger partial charge in [0.05, 0.1) is 6.54 Å². The topological polar surface area (TPSA) is 103 Å². The number of hydrogen-bond acceptors (Lipinski definition) is 6. The lowest BCUT2D eigenvalue weighted by molar-refractivity contribution is 0.0144. The number of thiophene rings is 1. The number of anilines is 1. The molecule has 1 aromatic heterocycles. The second-order valence-electron chi connectivity index (χ2n) is 9.39. The third-order valence-corrected chi connectivity index (χ3v) is 6.22. The molecule has 2 aromatic rings. The fourth-order valence-corrected chi connectivity index (χ4v) is 4.23. The molecule has 9 nitrogen and oxygen atoms in total. The standard InChI is InChI=1S/C25H35N5O4S/c1-25(2,3)34-24(33)30-14-12-29(13-15-30)11-6-10-26-23(32)28-20-8-4-7-19(17-20)22(31)27-18-21-9-5-16-35-21/h4-5,7-9,16-17H,6,10-15,18H2,1-3H3,(H,27,31)(H2,26,28,32). The molecule has 0 bridgehead atoms. The Kier molecular flexibility index (Phi) is 9.50. The zero-order valence-electron chi connectivity index (χ0n) is 20.6. The fourth-order valence-electron chi connectivity index (χ4n) is 3.58. The van der Waals surface area contributed by atoms with Crippen LogP contribution in [0.2, 0.25) is 0 Å². The number of rotatable bonds is 8. The highest BCUT2D eigenvalue weighted by atomic mass is 32.1. The third kappa shape index (κ3) is 9.22. The summed E-state index contributed by atoms with van der Waals surface area (Å²) in [6.07, 6.45) is 0.532. The molecule has 35 heavy (non-hydrogen) atoms. The van der Waals surface area contributed by atoms with E-state index in [-0.39, 0.29) is 18.0 Å². The van der Waals surface area contributed by atoms with Crippen LogP contribution in [0.4, 0.5) is 15.3 Å². The van der Waals surface area contributed by atoms with Crippen LogP contribution >= 0.6 is 11.3 Å². The first-order valence-corrected chi connectivity index (χ1v) is 12.7. The molecule has 10 heteroatoms. The highest BCUT2D eigenvalue weighted by molar-refractivity contribution is 7.09. The first kappa shape index (κ1) is 26.5. The van der Waals surface area contributed by atoms with E-state index in [2.05, 4.69) is 20.9 Å². The largest absolute Gasteiger partial charge is 0.444 e. The van der Waals surface area contributed by atoms with Crippen molar-refractivity contribution < 1.29 is 19.1 Å². The second-order valence-corrected chi connectivity index (χ2v) is 10.4. The lowest BCUT2D eigenvalue weighted by atomic mass is 10.2. The van der Waals surface area contributed by atoms with Crippen molar-refractivity contribution in [2.45, 2.75) is 39.3 Å². The molecule has 4 amide bonds. The van der Waals surface area contributed by atoms with Crippen LogP contribution in [0.5, 0.6) is 0 Å². The lowest BCUT2D eigenvalue weighted by Gasteiger charge is -2.35. The number of ether oxygens (including phenoxy) is 1. The van der Waals surface area contributed by atoms with Crippen LogP contribution in [0.15, 0.2) is 41.8 Å². The molecular formula is C25H35N5O4S. The highest BCUT2D eigenvalue weighted by Gasteiger charge is 2.25. The van der Waals surface area contributed by atoms with Gasteiger partial charge in [0.15, 0.2) is 0 Å². The van der Waals surface area contributed by atoms with Gasteiger partial charge in [-0.2, -0.15) is 0 Å². The zero-order chi connectivity index (χ0) is 25.3. The van der Waals surface area contributed by atoms with Gasteiger partial charge in [-0.15, -0.1) is 11.3 Å². The van der Waals surface area contributed by atoms with Gasteiger partial charge in [-0.05, 0) is 63.4 Å². The summed E-state index contributed by atoms with van der Waals surface area (Å²) in [5, 5.41) is 10.5. The Balaban J connectivity index is 1.32. The van der Waals surface area contributed by atoms with Crippen molar-refractivity contribution in [1.29, 1.82) is 0 Å². The van der Waals surface area contributed by atoms with E-state index in [4.69, 9.17) is 4.74 Å². The van der Waals surface area contributed by atoms with Crippen molar-refractivity contribution in [2.24, 2.45) is 0 Å². The minimum atomic E-state index is -0.488. The fraction of sp³-hybridized carbons (Fsp3) is 0.480. The molecular weight excluding hydrogens is 466 g/mol. The molecule has 1 aromatic carbocycles. The van der Waals surface area contributed by atoms with E-state index in [1.165, 1.54) is 0 Å². The Morgan fingerprint density at radius 1 is 1.03 bits per heavy atom. The lowest BCUT2D eigenvalue weighted by Crippen LogP contribution is -2.50. The molecule has 190 valence electrons. The number of piperazine rings is 1. The molecule has 0 unspecified atom stereocenters. The summed E-state index contributed by atoms with van der Waals surface area (Å²) in [4.78, 5) is 41.9. The van der Waals surface area contributed by atoms with Gasteiger partial charge in [0, 0.05) is 48.9 Å². The van der Waals surface area contributed by atoms with Crippen molar-refractivity contribution in [2.75, 3.05) is 44.6 Å². The number of carbonyl (C=O) groups is 3. The number of urea groups is 1. The van der Waals surface area contributed by atoms with Crippen molar-refractivity contribution >= 4 is 35.1 Å². The number of carbonyl (C=O) groups excluding carboxylic acids is 3. The Hall–Kier alpha value is -3.11. The van der Waals surface area contributed by atoms with Crippen molar-refractivity contribution in [3.8, 4) is 0 Å². The van der Waals surface area contributed by atoms with Crippen LogP contribution in [-0.2, 0) is 11.3 Å². The molecule has 2 heterocycles. The average molecular weight is 502 g/mol. The summed E-state index contributed by atoms with van der Waals surface area (Å²) >= 11 is 1.59. The molecule has 0 spiro atoms. The Labute approximate surface area is 210 Å². The van der Waals surface area contributed by atoms with E-state index < -0.39 is 5.60 Å². The summed E-state index contributed by atoms with van der Waals surface area (Å²) in [7, 11) is 0. The zero-order valence-corrected chi connectivity index (χ0v) is 21.5. The molecule has 1 saturated heterocycles. The molecule has 1 aliphatic rings. The van der Waals surface area contributed by atoms with Crippen LogP contribution in [0.1, 0.15) is 42.4 Å². The van der Waals surface area contributed by atoms with Crippen molar-refractivity contribution in [3.63, 3.8) is 0 Å². The number of hydrogen-bond donors (Lipinski definition) is 3. The van der Waals surface area contributed by atoms with Gasteiger partial charge in [0.2, 0.25) is 0 Å². The molecule has 3 rings (SSSR count). The molecule has 0 radical (unpaired) electrons. The van der Waals surface area contributed by atoms with Crippen LogP contribution in [0, 0.1) is 0 Å². The van der Waals surface area contributed by atoms with Crippen molar-refractivity contribution in [3.05, 3.63) is 52.2 Å². The minimum Gasteiger partial charge on any atom is -0.444 e. The van der Waals surface area contributed by atoms with E-state index in [9.17, 15) is 14.4 Å². The normalized spacial score (nSPS) is 14.3. The maximum atomic E-state index is 12.4. The minimum absolute atomic E-state index is 0.186. The van der Waals surface area contributed by atoms with Crippen LogP contribution in [0.3, 0.4) is 0 Å². The molecule has 0 saturated carbocycles. The van der Waals surface area contributed by atoms with E-state index in [0.29, 0.717) is 37.4 Å². The van der Waals surface area contributed by atoms with E-state index in [0.717, 1.165) is 30.9 Å². The Bertz CT molecular complexity index is 982. The number of nitrogens with one attached hydrogen (secondary N) is 3. The second kappa shape index (κ2) is 12.6. The SMILES string of the molecule is CC(C)(C)OC(=O)N1CCN(CCCNC(=O)Nc2cccc(C(=O)NCc3cccs3)c2)CC1. The number of amides is 4. The number of nitrogens with zero attached hydrogens (tertiary/aromatic N) is 2. The van der Waals surface area contributed by atoms with Gasteiger partial charge in [-0.1, -0.05) is 12.1 Å². The first-order valence-electron chi connectivity index (χ1n) is 11.9. The maximum Gasteiger partial charge on any atom is 0.410 e. The molecule has 0 aliphatic carbocycles. The Morgan fingerprint density at radius 2 is 1.80 bits per heavy atom. The number of benzene rings is 1. The summed E-state index contributed by atoms with van der Waals surface area (Å²) in [6.45, 7) is 10.3. The van der Waals surface area contributed by atoms with E-state index in [1.54, 1.807) is 40.5 Å². The summed E-state index contributed by atoms with van der Waals surface area (Å²) < 4.78 is 5.43. The van der Waals surface area contributed by atoms with Gasteiger partial charge in [0.1, 0.15) is 5.60 Å². The average Bonchev–Trinajstić information content (AvgIpc) is 3.33. The summed E-state index contributed by atoms with van der Waals surface area (Å²) in [5.74, 6) is -0.186. The van der Waals surface area contributed by atoms with Crippen LogP contribution in [-0.4, -0.2) is 72.7 Å². The van der Waals surface area contributed by atoms with Gasteiger partial charge in [-0.3, -0.25) is 9.69 Å². The quantitative estimate of drug-likeness (QED) is 0.478. The Morgan fingerprint density at radius 3 is 2.49 bits per heavy atom. The predicted octanol–water partition coefficient (Wildman–Crippen LogP) is 3.74. The third-order valence-electron chi connectivity index (χ3n) is 5.35. The molecule has 1 fully saturated rings. The van der Waals surface area contributed by atoms with Gasteiger partial charge >= 0.3 is 12.1 Å². The van der Waals surface area contributed by atoms with E-state index >= 15 is 0 Å². The van der Waals surface area contributed by atoms with Crippen molar-refractivity contribution in [1.82, 2.24) is 20.4 Å². The van der Waals surface area contributed by atoms with Gasteiger partial charge in [0.25, 0.3) is 5.91 Å². The predicted molar refractivity (Wildman–Crippen MR) is 138 cm³/mol. The molecule has 3 N–H and O–H groups in total. The van der Waals surface area contributed by atoms with Crippen LogP contribution < -0.4 is 16.0 Å². The first-order chi connectivity index (χ1) is 16.7. The van der Waals surface area contributed by atoms with Gasteiger partial charge < -0.3 is 25.6 Å². The monoisotopic (exact) mass is 501 g/mol. The van der Waals surface area contributed by atoms with Crippen LogP contribution in [0.25, 0.3) is 0 Å².